The van der Waals surface area contributed by atoms with Crippen LogP contribution in [0.4, 0.5) is 11.5 Å². The number of hydrogen-bond donors (Lipinski definition) is 2. The molecule has 0 aliphatic heterocycles. The smallest absolute Gasteiger partial charge is 0.330 e. The van der Waals surface area contributed by atoms with Crippen LogP contribution >= 0.6 is 0 Å². The Labute approximate surface area is 149 Å². The molecule has 0 bridgehead atoms. The zero-order chi connectivity index (χ0) is 19.3. The fourth-order valence-corrected chi connectivity index (χ4v) is 2.61. The Morgan fingerprint density at radius 3 is 2.16 bits per heavy atom. The minimum atomic E-state index is -0.610. The van der Waals surface area contributed by atoms with E-state index >= 15 is 0 Å². The van der Waals surface area contributed by atoms with Crippen molar-refractivity contribution in [2.75, 3.05) is 17.2 Å². The van der Waals surface area contributed by atoms with Crippen LogP contribution in [0.25, 0.3) is 0 Å². The molecule has 1 heterocycles. The molecule has 0 saturated carbocycles. The summed E-state index contributed by atoms with van der Waals surface area (Å²) in [5.41, 5.74) is 5.09. The molecule has 0 aliphatic carbocycles. The number of aromatic nitrogens is 2. The van der Waals surface area contributed by atoms with Crippen molar-refractivity contribution in [2.24, 2.45) is 17.8 Å². The third-order valence-corrected chi connectivity index (χ3v) is 3.82. The first-order valence-corrected chi connectivity index (χ1v) is 8.97. The van der Waals surface area contributed by atoms with Gasteiger partial charge in [-0.25, -0.2) is 4.79 Å². The molecule has 0 saturated heterocycles. The average Bonchev–Trinajstić information content (AvgIpc) is 2.47. The highest BCUT2D eigenvalue weighted by molar-refractivity contribution is 5.95. The molecule has 1 aromatic rings. The maximum absolute atomic E-state index is 12.7. The van der Waals surface area contributed by atoms with Crippen LogP contribution < -0.4 is 21.9 Å². The summed E-state index contributed by atoms with van der Waals surface area (Å²) in [6.45, 7) is 12.7. The van der Waals surface area contributed by atoms with Crippen LogP contribution in [-0.2, 0) is 11.3 Å². The molecule has 1 rings (SSSR count). The van der Waals surface area contributed by atoms with Crippen molar-refractivity contribution in [1.29, 1.82) is 0 Å². The lowest BCUT2D eigenvalue weighted by Crippen LogP contribution is -2.43. The summed E-state index contributed by atoms with van der Waals surface area (Å²) in [5, 5.41) is 0. The van der Waals surface area contributed by atoms with Gasteiger partial charge in [0.1, 0.15) is 5.82 Å². The van der Waals surface area contributed by atoms with Crippen molar-refractivity contribution < 1.29 is 4.79 Å². The van der Waals surface area contributed by atoms with Gasteiger partial charge in [0.15, 0.2) is 5.69 Å². The van der Waals surface area contributed by atoms with Crippen molar-refractivity contribution >= 4 is 17.4 Å². The molecule has 1 aromatic heterocycles. The highest BCUT2D eigenvalue weighted by Crippen LogP contribution is 2.21. The van der Waals surface area contributed by atoms with E-state index in [1.807, 2.05) is 41.5 Å². The van der Waals surface area contributed by atoms with Crippen LogP contribution in [-0.4, -0.2) is 22.0 Å². The summed E-state index contributed by atoms with van der Waals surface area (Å²) in [6.07, 6.45) is 1.07. The van der Waals surface area contributed by atoms with Crippen molar-refractivity contribution in [3.63, 3.8) is 0 Å². The molecule has 0 radical (unpaired) electrons. The number of carbonyl (C=O) groups is 1. The highest BCUT2D eigenvalue weighted by Gasteiger charge is 2.25. The Hall–Kier alpha value is -2.05. The van der Waals surface area contributed by atoms with E-state index in [0.29, 0.717) is 25.4 Å². The van der Waals surface area contributed by atoms with Crippen LogP contribution in [0.1, 0.15) is 54.4 Å². The van der Waals surface area contributed by atoms with E-state index in [1.54, 1.807) is 0 Å². The van der Waals surface area contributed by atoms with E-state index in [2.05, 4.69) is 4.98 Å². The Bertz CT molecular complexity index is 701. The maximum atomic E-state index is 12.7. The van der Waals surface area contributed by atoms with Gasteiger partial charge in [0, 0.05) is 19.5 Å². The standard InChI is InChI=1S/C18H32N4O3/c1-11(2)7-8-14(23)21(9-12(3)4)15-16(19)22(10-13(5)6)18(25)20-17(15)24/h11-13H,7-10,19H2,1-6H3,(H,20,24,25). The van der Waals surface area contributed by atoms with Gasteiger partial charge in [-0.05, 0) is 24.2 Å². The van der Waals surface area contributed by atoms with E-state index in [1.165, 1.54) is 9.47 Å². The van der Waals surface area contributed by atoms with Gasteiger partial charge in [0.05, 0.1) is 0 Å². The molecule has 0 aliphatic rings. The summed E-state index contributed by atoms with van der Waals surface area (Å²) in [4.78, 5) is 41.0. The molecule has 0 spiro atoms. The van der Waals surface area contributed by atoms with Crippen LogP contribution in [0.2, 0.25) is 0 Å². The molecule has 3 N–H and O–H groups in total. The van der Waals surface area contributed by atoms with Crippen molar-refractivity contribution in [3.8, 4) is 0 Å². The number of nitrogen functional groups attached to an aromatic ring is 1. The third-order valence-electron chi connectivity index (χ3n) is 3.82. The van der Waals surface area contributed by atoms with Gasteiger partial charge in [-0.2, -0.15) is 0 Å². The first-order valence-electron chi connectivity index (χ1n) is 8.97. The molecular weight excluding hydrogens is 320 g/mol. The first kappa shape index (κ1) is 21.0. The number of anilines is 2. The molecule has 142 valence electrons. The Morgan fingerprint density at radius 2 is 1.68 bits per heavy atom. The fraction of sp³-hybridized carbons (Fsp3) is 0.722. The largest absolute Gasteiger partial charge is 0.383 e. The topological polar surface area (TPSA) is 101 Å². The first-order chi connectivity index (χ1) is 11.5. The van der Waals surface area contributed by atoms with Gasteiger partial charge in [-0.1, -0.05) is 41.5 Å². The number of rotatable bonds is 8. The summed E-state index contributed by atoms with van der Waals surface area (Å²) < 4.78 is 1.34. The molecule has 1 amide bonds. The Kier molecular flexibility index (Phi) is 7.45. The quantitative estimate of drug-likeness (QED) is 0.749. The normalized spacial score (nSPS) is 11.6. The number of aromatic amines is 1. The lowest BCUT2D eigenvalue weighted by Gasteiger charge is -2.26. The van der Waals surface area contributed by atoms with Gasteiger partial charge in [-0.15, -0.1) is 0 Å². The van der Waals surface area contributed by atoms with Crippen LogP contribution in [0.15, 0.2) is 9.59 Å². The number of hydrogen-bond acceptors (Lipinski definition) is 4. The summed E-state index contributed by atoms with van der Waals surface area (Å²) >= 11 is 0. The van der Waals surface area contributed by atoms with Gasteiger partial charge < -0.3 is 10.6 Å². The Morgan fingerprint density at radius 1 is 1.08 bits per heavy atom. The van der Waals surface area contributed by atoms with Crippen molar-refractivity contribution in [3.05, 3.63) is 20.8 Å². The second-order valence-corrected chi connectivity index (χ2v) is 7.83. The molecule has 0 unspecified atom stereocenters. The van der Waals surface area contributed by atoms with E-state index in [9.17, 15) is 14.4 Å². The maximum Gasteiger partial charge on any atom is 0.330 e. The predicted molar refractivity (Wildman–Crippen MR) is 102 cm³/mol. The monoisotopic (exact) mass is 352 g/mol. The number of amides is 1. The lowest BCUT2D eigenvalue weighted by molar-refractivity contribution is -0.119. The third kappa shape index (κ3) is 5.76. The molecule has 7 nitrogen and oxygen atoms in total. The summed E-state index contributed by atoms with van der Waals surface area (Å²) in [5.74, 6) is 0.631. The van der Waals surface area contributed by atoms with E-state index in [4.69, 9.17) is 5.73 Å². The Balaban J connectivity index is 3.40. The van der Waals surface area contributed by atoms with Crippen molar-refractivity contribution in [1.82, 2.24) is 9.55 Å². The molecule has 0 atom stereocenters. The van der Waals surface area contributed by atoms with Crippen molar-refractivity contribution in [2.45, 2.75) is 60.9 Å². The fourth-order valence-electron chi connectivity index (χ4n) is 2.61. The van der Waals surface area contributed by atoms with Crippen LogP contribution in [0.5, 0.6) is 0 Å². The average molecular weight is 352 g/mol. The number of nitrogens with one attached hydrogen (secondary N) is 1. The minimum absolute atomic E-state index is 0.0565. The zero-order valence-electron chi connectivity index (χ0n) is 16.3. The second-order valence-electron chi connectivity index (χ2n) is 7.83. The van der Waals surface area contributed by atoms with Gasteiger partial charge in [-0.3, -0.25) is 19.1 Å². The number of nitrogens with two attached hydrogens (primary N) is 1. The summed E-state index contributed by atoms with van der Waals surface area (Å²) in [7, 11) is 0. The molecule has 25 heavy (non-hydrogen) atoms. The van der Waals surface area contributed by atoms with E-state index < -0.39 is 11.2 Å². The van der Waals surface area contributed by atoms with E-state index in [-0.39, 0.29) is 29.2 Å². The highest BCUT2D eigenvalue weighted by atomic mass is 16.2. The number of H-pyrrole nitrogens is 1. The predicted octanol–water partition coefficient (Wildman–Crippen LogP) is 2.20. The van der Waals surface area contributed by atoms with E-state index in [0.717, 1.165) is 6.42 Å². The van der Waals surface area contributed by atoms with Crippen LogP contribution in [0, 0.1) is 17.8 Å². The SMILES string of the molecule is CC(C)CCC(=O)N(CC(C)C)c1c(N)n(CC(C)C)c(=O)[nH]c1=O. The van der Waals surface area contributed by atoms with Gasteiger partial charge in [0.2, 0.25) is 5.91 Å². The number of nitrogens with zero attached hydrogens (tertiary/aromatic N) is 2. The second kappa shape index (κ2) is 8.87. The zero-order valence-corrected chi connectivity index (χ0v) is 16.3. The van der Waals surface area contributed by atoms with Gasteiger partial charge >= 0.3 is 5.69 Å². The molecule has 0 aromatic carbocycles. The van der Waals surface area contributed by atoms with Gasteiger partial charge in [0.25, 0.3) is 5.56 Å². The molecular formula is C18H32N4O3. The molecule has 7 heteroatoms. The lowest BCUT2D eigenvalue weighted by atomic mass is 10.1. The minimum Gasteiger partial charge on any atom is -0.383 e. The molecule has 0 fully saturated rings. The summed E-state index contributed by atoms with van der Waals surface area (Å²) in [6, 6.07) is 0. The number of carbonyl (C=O) groups excluding carboxylic acids is 1. The van der Waals surface area contributed by atoms with Crippen LogP contribution in [0.3, 0.4) is 0 Å².